The zero-order valence-electron chi connectivity index (χ0n) is 14.5. The van der Waals surface area contributed by atoms with Gasteiger partial charge in [-0.1, -0.05) is 24.3 Å². The summed E-state index contributed by atoms with van der Waals surface area (Å²) in [5.41, 5.74) is 2.17. The predicted molar refractivity (Wildman–Crippen MR) is 97.8 cm³/mol. The van der Waals surface area contributed by atoms with E-state index >= 15 is 0 Å². The van der Waals surface area contributed by atoms with Gasteiger partial charge in [0.25, 0.3) is 5.91 Å². The third-order valence-electron chi connectivity index (χ3n) is 4.10. The summed E-state index contributed by atoms with van der Waals surface area (Å²) in [7, 11) is 1.61. The third-order valence-corrected chi connectivity index (χ3v) is 4.10. The number of amides is 1. The van der Waals surface area contributed by atoms with E-state index in [9.17, 15) is 9.59 Å². The van der Waals surface area contributed by atoms with Gasteiger partial charge in [-0.3, -0.25) is 9.59 Å². The van der Waals surface area contributed by atoms with Crippen LogP contribution in [0, 0.1) is 11.3 Å². The highest BCUT2D eigenvalue weighted by molar-refractivity contribution is 6.27. The van der Waals surface area contributed by atoms with Crippen LogP contribution in [0.3, 0.4) is 0 Å². The minimum Gasteiger partial charge on any atom is -0.338 e. The lowest BCUT2D eigenvalue weighted by Crippen LogP contribution is -2.30. The largest absolute Gasteiger partial charge is 0.338 e. The zero-order chi connectivity index (χ0) is 18.2. The SMILES string of the molecule is C/C=C/C=C(\N=NC)c1ccc(C(=O)N2CC[C@H](C(=O)C=N)C2)cc1. The van der Waals surface area contributed by atoms with Crippen LogP contribution in [0.1, 0.15) is 29.3 Å². The molecule has 1 aromatic carbocycles. The number of likely N-dealkylation sites (tertiary alicyclic amines) is 1. The molecular formula is C19H22N4O2. The van der Waals surface area contributed by atoms with E-state index in [-0.39, 0.29) is 17.6 Å². The van der Waals surface area contributed by atoms with Crippen LogP contribution in [0.2, 0.25) is 0 Å². The molecule has 1 atom stereocenters. The fraction of sp³-hybridized carbons (Fsp3) is 0.316. The van der Waals surface area contributed by atoms with Crippen molar-refractivity contribution in [3.63, 3.8) is 0 Å². The molecule has 0 spiro atoms. The first-order chi connectivity index (χ1) is 12.1. The monoisotopic (exact) mass is 338 g/mol. The molecule has 1 fully saturated rings. The number of hydrogen-bond acceptors (Lipinski definition) is 5. The molecule has 0 radical (unpaired) electrons. The maximum absolute atomic E-state index is 12.6. The number of rotatable bonds is 6. The van der Waals surface area contributed by atoms with Crippen LogP contribution < -0.4 is 0 Å². The van der Waals surface area contributed by atoms with Gasteiger partial charge in [0.05, 0.1) is 11.9 Å². The summed E-state index contributed by atoms with van der Waals surface area (Å²) in [5, 5.41) is 15.0. The molecule has 1 aromatic rings. The van der Waals surface area contributed by atoms with Crippen molar-refractivity contribution < 1.29 is 9.59 Å². The molecule has 1 saturated heterocycles. The van der Waals surface area contributed by atoms with E-state index < -0.39 is 0 Å². The first-order valence-electron chi connectivity index (χ1n) is 8.17. The Morgan fingerprint density at radius 2 is 1.92 bits per heavy atom. The minimum atomic E-state index is -0.249. The van der Waals surface area contributed by atoms with Crippen molar-refractivity contribution >= 4 is 23.6 Å². The molecule has 1 aliphatic heterocycles. The van der Waals surface area contributed by atoms with Crippen molar-refractivity contribution in [1.82, 2.24) is 4.90 Å². The van der Waals surface area contributed by atoms with E-state index in [1.54, 1.807) is 24.1 Å². The van der Waals surface area contributed by atoms with Gasteiger partial charge in [-0.15, -0.1) is 0 Å². The molecule has 6 nitrogen and oxygen atoms in total. The van der Waals surface area contributed by atoms with Gasteiger partial charge in [-0.05, 0) is 31.6 Å². The first-order valence-corrected chi connectivity index (χ1v) is 8.17. The maximum atomic E-state index is 12.6. The number of carbonyl (C=O) groups is 2. The van der Waals surface area contributed by atoms with Gasteiger partial charge in [0, 0.05) is 37.2 Å². The zero-order valence-corrected chi connectivity index (χ0v) is 14.5. The highest BCUT2D eigenvalue weighted by Crippen LogP contribution is 2.21. The molecule has 0 aliphatic carbocycles. The molecule has 1 aliphatic rings. The second-order valence-corrected chi connectivity index (χ2v) is 5.74. The molecule has 25 heavy (non-hydrogen) atoms. The summed E-state index contributed by atoms with van der Waals surface area (Å²) in [6.45, 7) is 2.85. The van der Waals surface area contributed by atoms with Gasteiger partial charge in [-0.25, -0.2) is 0 Å². The average Bonchev–Trinajstić information content (AvgIpc) is 3.14. The summed E-state index contributed by atoms with van der Waals surface area (Å²) < 4.78 is 0. The average molecular weight is 338 g/mol. The van der Waals surface area contributed by atoms with E-state index in [1.165, 1.54) is 0 Å². The van der Waals surface area contributed by atoms with Crippen LogP contribution in [0.5, 0.6) is 0 Å². The van der Waals surface area contributed by atoms with Crippen LogP contribution in [-0.4, -0.2) is 42.9 Å². The van der Waals surface area contributed by atoms with Gasteiger partial charge in [-0.2, -0.15) is 10.2 Å². The van der Waals surface area contributed by atoms with E-state index in [1.807, 2.05) is 37.3 Å². The van der Waals surface area contributed by atoms with Crippen LogP contribution >= 0.6 is 0 Å². The van der Waals surface area contributed by atoms with E-state index in [0.717, 1.165) is 17.5 Å². The summed E-state index contributed by atoms with van der Waals surface area (Å²) in [6, 6.07) is 7.21. The number of benzene rings is 1. The molecule has 2 rings (SSSR count). The number of nitrogens with one attached hydrogen (secondary N) is 1. The predicted octanol–water partition coefficient (Wildman–Crippen LogP) is 3.37. The van der Waals surface area contributed by atoms with Gasteiger partial charge in [0.1, 0.15) is 0 Å². The third kappa shape index (κ3) is 4.56. The second-order valence-electron chi connectivity index (χ2n) is 5.74. The molecule has 6 heteroatoms. The minimum absolute atomic E-state index is 0.0945. The number of azo groups is 1. The maximum Gasteiger partial charge on any atom is 0.253 e. The van der Waals surface area contributed by atoms with Crippen LogP contribution in [0.4, 0.5) is 0 Å². The standard InChI is InChI=1S/C19H22N4O2/c1-3-4-5-17(22-21-2)14-6-8-15(9-7-14)19(25)23-11-10-16(13-23)18(24)12-20/h3-9,12,16,20H,10-11,13H2,1-2H3/b4-3+,17-5-,20-12?,22-21?/t16-/m0/s1. The number of allylic oxidation sites excluding steroid dienone is 3. The quantitative estimate of drug-likeness (QED) is 0.490. The Hall–Kier alpha value is -2.89. The Bertz CT molecular complexity index is 732. The highest BCUT2D eigenvalue weighted by Gasteiger charge is 2.30. The summed E-state index contributed by atoms with van der Waals surface area (Å²) in [4.78, 5) is 25.8. The number of ketones is 1. The summed E-state index contributed by atoms with van der Waals surface area (Å²) in [6.07, 6.45) is 7.10. The normalized spacial score (nSPS) is 18.2. The molecule has 0 bridgehead atoms. The summed E-state index contributed by atoms with van der Waals surface area (Å²) in [5.74, 6) is -0.557. The summed E-state index contributed by atoms with van der Waals surface area (Å²) >= 11 is 0. The molecule has 0 aromatic heterocycles. The topological polar surface area (TPSA) is 86.0 Å². The lowest BCUT2D eigenvalue weighted by Gasteiger charge is -2.16. The van der Waals surface area contributed by atoms with Gasteiger partial charge in [0.2, 0.25) is 0 Å². The van der Waals surface area contributed by atoms with E-state index in [4.69, 9.17) is 5.41 Å². The number of Topliss-reactive ketones (excluding diaryl/α,β-unsaturated/α-hetero) is 1. The van der Waals surface area contributed by atoms with E-state index in [2.05, 4.69) is 10.2 Å². The van der Waals surface area contributed by atoms with Crippen molar-refractivity contribution in [3.05, 3.63) is 53.6 Å². The lowest BCUT2D eigenvalue weighted by molar-refractivity contribution is -0.115. The Morgan fingerprint density at radius 1 is 1.24 bits per heavy atom. The fourth-order valence-corrected chi connectivity index (χ4v) is 2.74. The number of carbonyl (C=O) groups excluding carboxylic acids is 2. The van der Waals surface area contributed by atoms with Crippen molar-refractivity contribution in [3.8, 4) is 0 Å². The van der Waals surface area contributed by atoms with Crippen LogP contribution in [-0.2, 0) is 4.79 Å². The second kappa shape index (κ2) is 8.82. The van der Waals surface area contributed by atoms with E-state index in [0.29, 0.717) is 25.1 Å². The Morgan fingerprint density at radius 3 is 2.52 bits per heavy atom. The number of hydrogen-bond donors (Lipinski definition) is 1. The molecule has 1 amide bonds. The van der Waals surface area contributed by atoms with Gasteiger partial charge in [0.15, 0.2) is 5.78 Å². The van der Waals surface area contributed by atoms with Crippen molar-refractivity contribution in [2.45, 2.75) is 13.3 Å². The van der Waals surface area contributed by atoms with Crippen LogP contribution in [0.25, 0.3) is 5.70 Å². The highest BCUT2D eigenvalue weighted by atomic mass is 16.2. The smallest absolute Gasteiger partial charge is 0.253 e. The fourth-order valence-electron chi connectivity index (χ4n) is 2.74. The Balaban J connectivity index is 2.13. The van der Waals surface area contributed by atoms with Crippen molar-refractivity contribution in [1.29, 1.82) is 5.41 Å². The molecule has 0 saturated carbocycles. The van der Waals surface area contributed by atoms with Crippen LogP contribution in [0.15, 0.2) is 52.7 Å². The molecule has 1 heterocycles. The Kier molecular flexibility index (Phi) is 6.51. The molecular weight excluding hydrogens is 316 g/mol. The first kappa shape index (κ1) is 18.4. The van der Waals surface area contributed by atoms with Crippen molar-refractivity contribution in [2.75, 3.05) is 20.1 Å². The van der Waals surface area contributed by atoms with Gasteiger partial charge < -0.3 is 10.3 Å². The Labute approximate surface area is 147 Å². The van der Waals surface area contributed by atoms with Crippen molar-refractivity contribution in [2.24, 2.45) is 16.1 Å². The van der Waals surface area contributed by atoms with Gasteiger partial charge >= 0.3 is 0 Å². The molecule has 1 N–H and O–H groups in total. The lowest BCUT2D eigenvalue weighted by atomic mass is 10.0. The molecule has 0 unspecified atom stereocenters. The number of nitrogens with zero attached hydrogens (tertiary/aromatic N) is 3. The molecule has 130 valence electrons.